The van der Waals surface area contributed by atoms with Gasteiger partial charge in [0.05, 0.1) is 18.1 Å². The number of allylic oxidation sites excluding steroid dienone is 1. The molecule has 1 aromatic heterocycles. The molecule has 0 spiro atoms. The SMILES string of the molecule is N#C/C(=C\c1cn(CCN2CCOCC2)c2ccccc12)S(=O)(=O)c1ccccc1. The van der Waals surface area contributed by atoms with Gasteiger partial charge in [-0.05, 0) is 24.3 Å². The van der Waals surface area contributed by atoms with Crippen molar-refractivity contribution >= 4 is 26.8 Å². The smallest absolute Gasteiger partial charge is 0.216 e. The number of hydrogen-bond donors (Lipinski definition) is 0. The molecule has 2 aromatic carbocycles. The van der Waals surface area contributed by atoms with Gasteiger partial charge in [0.1, 0.15) is 11.0 Å². The molecule has 1 aliphatic heterocycles. The summed E-state index contributed by atoms with van der Waals surface area (Å²) in [5.41, 5.74) is 1.75. The molecule has 2 heterocycles. The lowest BCUT2D eigenvalue weighted by molar-refractivity contribution is 0.0365. The number of hydrogen-bond acceptors (Lipinski definition) is 5. The fraction of sp³-hybridized carbons (Fsp3) is 0.261. The maximum absolute atomic E-state index is 12.9. The second-order valence-electron chi connectivity index (χ2n) is 7.19. The number of rotatable bonds is 6. The quantitative estimate of drug-likeness (QED) is 0.571. The molecule has 6 nitrogen and oxygen atoms in total. The highest BCUT2D eigenvalue weighted by Gasteiger charge is 2.21. The van der Waals surface area contributed by atoms with Crippen molar-refractivity contribution in [2.75, 3.05) is 32.8 Å². The molecule has 0 aliphatic carbocycles. The number of fused-ring (bicyclic) bond motifs is 1. The predicted octanol–water partition coefficient (Wildman–Crippen LogP) is 3.31. The van der Waals surface area contributed by atoms with Crippen LogP contribution in [0.3, 0.4) is 0 Å². The molecule has 1 saturated heterocycles. The molecule has 0 saturated carbocycles. The fourth-order valence-corrected chi connectivity index (χ4v) is 4.86. The topological polar surface area (TPSA) is 75.3 Å². The van der Waals surface area contributed by atoms with Crippen molar-refractivity contribution in [2.45, 2.75) is 11.4 Å². The summed E-state index contributed by atoms with van der Waals surface area (Å²) < 4.78 is 33.4. The van der Waals surface area contributed by atoms with Gasteiger partial charge in [0, 0.05) is 48.8 Å². The average Bonchev–Trinajstić information content (AvgIpc) is 3.15. The molecule has 154 valence electrons. The largest absolute Gasteiger partial charge is 0.379 e. The number of nitrogens with zero attached hydrogens (tertiary/aromatic N) is 3. The molecule has 0 radical (unpaired) electrons. The normalized spacial score (nSPS) is 15.9. The van der Waals surface area contributed by atoms with Gasteiger partial charge in [-0.3, -0.25) is 4.90 Å². The number of ether oxygens (including phenoxy) is 1. The Balaban J connectivity index is 1.69. The first-order chi connectivity index (χ1) is 14.6. The summed E-state index contributed by atoms with van der Waals surface area (Å²) in [7, 11) is -3.87. The first kappa shape index (κ1) is 20.4. The first-order valence-electron chi connectivity index (χ1n) is 9.89. The van der Waals surface area contributed by atoms with E-state index in [1.807, 2.05) is 36.5 Å². The Bertz CT molecular complexity index is 1200. The summed E-state index contributed by atoms with van der Waals surface area (Å²) in [5, 5.41) is 10.5. The van der Waals surface area contributed by atoms with Crippen LogP contribution in [0.15, 0.2) is 70.6 Å². The minimum atomic E-state index is -3.87. The zero-order valence-electron chi connectivity index (χ0n) is 16.6. The molecule has 0 amide bonds. The summed E-state index contributed by atoms with van der Waals surface area (Å²) in [6.07, 6.45) is 3.42. The van der Waals surface area contributed by atoms with Crippen molar-refractivity contribution in [3.05, 3.63) is 71.3 Å². The summed E-state index contributed by atoms with van der Waals surface area (Å²) in [6, 6.07) is 17.8. The van der Waals surface area contributed by atoms with E-state index in [4.69, 9.17) is 4.74 Å². The second-order valence-corrected chi connectivity index (χ2v) is 9.10. The van der Waals surface area contributed by atoms with Gasteiger partial charge in [0.25, 0.3) is 0 Å². The van der Waals surface area contributed by atoms with Crippen molar-refractivity contribution in [1.82, 2.24) is 9.47 Å². The monoisotopic (exact) mass is 421 g/mol. The second kappa shape index (κ2) is 8.84. The number of benzene rings is 2. The zero-order valence-corrected chi connectivity index (χ0v) is 17.4. The van der Waals surface area contributed by atoms with Crippen molar-refractivity contribution in [3.8, 4) is 6.07 Å². The average molecular weight is 422 g/mol. The Morgan fingerprint density at radius 2 is 1.73 bits per heavy atom. The third-order valence-corrected chi connectivity index (χ3v) is 7.00. The van der Waals surface area contributed by atoms with E-state index >= 15 is 0 Å². The number of morpholine rings is 1. The van der Waals surface area contributed by atoms with E-state index in [2.05, 4.69) is 9.47 Å². The lowest BCUT2D eigenvalue weighted by Crippen LogP contribution is -2.38. The zero-order chi connectivity index (χ0) is 21.0. The van der Waals surface area contributed by atoms with Crippen LogP contribution in [0.1, 0.15) is 5.56 Å². The van der Waals surface area contributed by atoms with Crippen molar-refractivity contribution < 1.29 is 13.2 Å². The van der Waals surface area contributed by atoms with Crippen molar-refractivity contribution in [3.63, 3.8) is 0 Å². The summed E-state index contributed by atoms with van der Waals surface area (Å²) >= 11 is 0. The Kier molecular flexibility index (Phi) is 6.00. The predicted molar refractivity (Wildman–Crippen MR) is 116 cm³/mol. The molecule has 0 unspecified atom stereocenters. The number of aromatic nitrogens is 1. The van der Waals surface area contributed by atoms with Gasteiger partial charge in [0.15, 0.2) is 0 Å². The van der Waals surface area contributed by atoms with Crippen LogP contribution < -0.4 is 0 Å². The highest BCUT2D eigenvalue weighted by molar-refractivity contribution is 7.95. The summed E-state index contributed by atoms with van der Waals surface area (Å²) in [4.78, 5) is 2.22. The molecular weight excluding hydrogens is 398 g/mol. The van der Waals surface area contributed by atoms with Gasteiger partial charge >= 0.3 is 0 Å². The Labute approximate surface area is 176 Å². The standard InChI is InChI=1S/C23H23N3O3S/c24-17-21(30(27,28)20-6-2-1-3-7-20)16-19-18-26(23-9-5-4-8-22(19)23)11-10-25-12-14-29-15-13-25/h1-9,16,18H,10-15H2/b21-16+. The lowest BCUT2D eigenvalue weighted by atomic mass is 10.1. The summed E-state index contributed by atoms with van der Waals surface area (Å²) in [5.74, 6) is 0. The van der Waals surface area contributed by atoms with Gasteiger partial charge in [-0.1, -0.05) is 36.4 Å². The van der Waals surface area contributed by atoms with E-state index < -0.39 is 9.84 Å². The van der Waals surface area contributed by atoms with Gasteiger partial charge in [-0.25, -0.2) is 8.42 Å². The van der Waals surface area contributed by atoms with Gasteiger partial charge < -0.3 is 9.30 Å². The maximum atomic E-state index is 12.9. The molecule has 1 aliphatic rings. The van der Waals surface area contributed by atoms with Crippen LogP contribution in [0.5, 0.6) is 0 Å². The fourth-order valence-electron chi connectivity index (χ4n) is 3.69. The summed E-state index contributed by atoms with van der Waals surface area (Å²) in [6.45, 7) is 5.01. The Morgan fingerprint density at radius 3 is 2.47 bits per heavy atom. The van der Waals surface area contributed by atoms with E-state index in [1.54, 1.807) is 18.2 Å². The molecule has 30 heavy (non-hydrogen) atoms. The minimum Gasteiger partial charge on any atom is -0.379 e. The van der Waals surface area contributed by atoms with Gasteiger partial charge in [-0.15, -0.1) is 0 Å². The van der Waals surface area contributed by atoms with Crippen LogP contribution in [0, 0.1) is 11.3 Å². The third kappa shape index (κ3) is 4.17. The van der Waals surface area contributed by atoms with Crippen LogP contribution in [-0.4, -0.2) is 50.7 Å². The highest BCUT2D eigenvalue weighted by atomic mass is 32.2. The third-order valence-electron chi connectivity index (χ3n) is 5.32. The number of sulfone groups is 1. The van der Waals surface area contributed by atoms with Crippen LogP contribution in [0.4, 0.5) is 0 Å². The minimum absolute atomic E-state index is 0.119. The molecule has 4 rings (SSSR count). The van der Waals surface area contributed by atoms with E-state index in [0.29, 0.717) is 0 Å². The molecule has 0 bridgehead atoms. The molecule has 0 atom stereocenters. The lowest BCUT2D eigenvalue weighted by Gasteiger charge is -2.26. The van der Waals surface area contributed by atoms with Crippen LogP contribution >= 0.6 is 0 Å². The van der Waals surface area contributed by atoms with Crippen molar-refractivity contribution in [1.29, 1.82) is 5.26 Å². The number of nitriles is 1. The van der Waals surface area contributed by atoms with Crippen LogP contribution in [0.2, 0.25) is 0 Å². The highest BCUT2D eigenvalue weighted by Crippen LogP contribution is 2.27. The van der Waals surface area contributed by atoms with Gasteiger partial charge in [-0.2, -0.15) is 5.26 Å². The first-order valence-corrected chi connectivity index (χ1v) is 11.4. The molecule has 1 fully saturated rings. The molecule has 0 N–H and O–H groups in total. The van der Waals surface area contributed by atoms with Gasteiger partial charge in [0.2, 0.25) is 9.84 Å². The van der Waals surface area contributed by atoms with Crippen molar-refractivity contribution in [2.24, 2.45) is 0 Å². The van der Waals surface area contributed by atoms with E-state index in [0.717, 1.165) is 55.9 Å². The van der Waals surface area contributed by atoms with Crippen LogP contribution in [-0.2, 0) is 21.1 Å². The Morgan fingerprint density at radius 1 is 1.03 bits per heavy atom. The van der Waals surface area contributed by atoms with Crippen LogP contribution in [0.25, 0.3) is 17.0 Å². The Hall–Kier alpha value is -2.92. The molecule has 3 aromatic rings. The molecule has 7 heteroatoms. The van der Waals surface area contributed by atoms with E-state index in [1.165, 1.54) is 18.2 Å². The van der Waals surface area contributed by atoms with E-state index in [-0.39, 0.29) is 9.80 Å². The number of para-hydroxylation sites is 1. The molecular formula is C23H23N3O3S. The van der Waals surface area contributed by atoms with E-state index in [9.17, 15) is 13.7 Å². The maximum Gasteiger partial charge on any atom is 0.216 e.